The van der Waals surface area contributed by atoms with Gasteiger partial charge in [-0.3, -0.25) is 19.4 Å². The average molecular weight is 572 g/mol. The molecule has 0 aliphatic rings. The monoisotopic (exact) mass is 571 g/mol. The third-order valence-corrected chi connectivity index (χ3v) is 6.03. The predicted octanol–water partition coefficient (Wildman–Crippen LogP) is -1.91. The highest BCUT2D eigenvalue weighted by Gasteiger charge is 2.30. The van der Waals surface area contributed by atoms with Crippen LogP contribution in [0.1, 0.15) is 24.0 Å². The molecule has 2 rings (SSSR count). The van der Waals surface area contributed by atoms with Gasteiger partial charge in [-0.25, -0.2) is 4.79 Å². The van der Waals surface area contributed by atoms with Crippen molar-refractivity contribution in [1.29, 1.82) is 0 Å². The van der Waals surface area contributed by atoms with E-state index in [1.165, 1.54) is 12.1 Å². The highest BCUT2D eigenvalue weighted by Crippen LogP contribution is 2.12. The topological polar surface area (TPSA) is 255 Å². The Labute approximate surface area is 237 Å². The van der Waals surface area contributed by atoms with Crippen LogP contribution in [0.3, 0.4) is 0 Å². The quantitative estimate of drug-likeness (QED) is 0.0613. The third-order valence-electron chi connectivity index (χ3n) is 6.03. The lowest BCUT2D eigenvalue weighted by atomic mass is 10.0. The van der Waals surface area contributed by atoms with E-state index in [-0.39, 0.29) is 37.5 Å². The summed E-state index contributed by atoms with van der Waals surface area (Å²) in [5.41, 5.74) is 17.9. The number of aliphatic carboxylic acids is 1. The number of carboxylic acid groups (broad SMARTS) is 1. The predicted molar refractivity (Wildman–Crippen MR) is 150 cm³/mol. The van der Waals surface area contributed by atoms with Gasteiger partial charge in [-0.1, -0.05) is 42.5 Å². The van der Waals surface area contributed by atoms with Crippen LogP contribution in [-0.2, 0) is 32.0 Å². The normalized spacial score (nSPS) is 13.6. The van der Waals surface area contributed by atoms with Gasteiger partial charge in [-0.15, -0.1) is 0 Å². The van der Waals surface area contributed by atoms with Crippen LogP contribution in [0.25, 0.3) is 0 Å². The molecular weight excluding hydrogens is 534 g/mol. The summed E-state index contributed by atoms with van der Waals surface area (Å²) in [6.07, 6.45) is 0.635. The number of carboxylic acids is 1. The van der Waals surface area contributed by atoms with E-state index in [1.807, 2.05) is 0 Å². The molecule has 0 spiro atoms. The number of aliphatic hydroxyl groups is 1. The van der Waals surface area contributed by atoms with Crippen LogP contribution < -0.4 is 33.2 Å². The fraction of sp³-hybridized carbons (Fsp3) is 0.370. The highest BCUT2D eigenvalue weighted by molar-refractivity contribution is 5.94. The van der Waals surface area contributed by atoms with Crippen molar-refractivity contribution in [1.82, 2.24) is 16.0 Å². The summed E-state index contributed by atoms with van der Waals surface area (Å²) in [4.78, 5) is 54.6. The molecule has 2 aromatic carbocycles. The molecule has 0 aromatic heterocycles. The van der Waals surface area contributed by atoms with E-state index in [2.05, 4.69) is 20.9 Å². The van der Waals surface area contributed by atoms with Crippen LogP contribution in [0.4, 0.5) is 0 Å². The molecule has 0 heterocycles. The Balaban J connectivity index is 2.25. The lowest BCUT2D eigenvalue weighted by Gasteiger charge is -2.25. The largest absolute Gasteiger partial charge is 0.508 e. The highest BCUT2D eigenvalue weighted by atomic mass is 16.4. The first-order chi connectivity index (χ1) is 19.5. The molecule has 0 fully saturated rings. The minimum Gasteiger partial charge on any atom is -0.508 e. The molecule has 14 heteroatoms. The summed E-state index contributed by atoms with van der Waals surface area (Å²) in [5.74, 6) is -3.71. The number of guanidine groups is 1. The smallest absolute Gasteiger partial charge is 0.328 e. The van der Waals surface area contributed by atoms with Crippen molar-refractivity contribution in [3.05, 3.63) is 65.7 Å². The second-order valence-electron chi connectivity index (χ2n) is 9.32. The summed E-state index contributed by atoms with van der Waals surface area (Å²) < 4.78 is 0. The summed E-state index contributed by atoms with van der Waals surface area (Å²) in [6, 6.07) is 9.70. The van der Waals surface area contributed by atoms with Gasteiger partial charge in [-0.2, -0.15) is 0 Å². The number of nitrogens with zero attached hydrogens (tertiary/aromatic N) is 1. The van der Waals surface area contributed by atoms with Gasteiger partial charge in [0.25, 0.3) is 0 Å². The van der Waals surface area contributed by atoms with E-state index < -0.39 is 54.5 Å². The van der Waals surface area contributed by atoms with Crippen LogP contribution in [0.5, 0.6) is 5.75 Å². The molecule has 222 valence electrons. The molecule has 4 unspecified atom stereocenters. The summed E-state index contributed by atoms with van der Waals surface area (Å²) >= 11 is 0. The van der Waals surface area contributed by atoms with Gasteiger partial charge < -0.3 is 48.5 Å². The van der Waals surface area contributed by atoms with E-state index in [0.29, 0.717) is 17.5 Å². The number of phenolic OH excluding ortho intramolecular Hbond substituents is 1. The van der Waals surface area contributed by atoms with Crippen LogP contribution in [0.2, 0.25) is 0 Å². The number of aliphatic hydroxyl groups excluding tert-OH is 1. The lowest BCUT2D eigenvalue weighted by Crippen LogP contribution is -2.58. The number of nitrogens with two attached hydrogens (primary N) is 3. The molecule has 0 saturated heterocycles. The lowest BCUT2D eigenvalue weighted by molar-refractivity contribution is -0.143. The van der Waals surface area contributed by atoms with Crippen molar-refractivity contribution < 1.29 is 34.5 Å². The molecule has 3 amide bonds. The summed E-state index contributed by atoms with van der Waals surface area (Å²) in [7, 11) is 0. The minimum absolute atomic E-state index is 0.000359. The van der Waals surface area contributed by atoms with Crippen LogP contribution >= 0.6 is 0 Å². The minimum atomic E-state index is -1.58. The molecule has 2 aromatic rings. The van der Waals surface area contributed by atoms with E-state index in [4.69, 9.17) is 17.2 Å². The van der Waals surface area contributed by atoms with Crippen molar-refractivity contribution in [2.75, 3.05) is 13.2 Å². The molecule has 14 nitrogen and oxygen atoms in total. The van der Waals surface area contributed by atoms with Gasteiger partial charge in [0.05, 0.1) is 12.6 Å². The van der Waals surface area contributed by atoms with Crippen LogP contribution in [-0.4, -0.2) is 82.3 Å². The Bertz CT molecular complexity index is 1190. The van der Waals surface area contributed by atoms with Gasteiger partial charge in [0, 0.05) is 19.4 Å². The fourth-order valence-corrected chi connectivity index (χ4v) is 3.80. The number of phenols is 1. The zero-order valence-corrected chi connectivity index (χ0v) is 22.4. The van der Waals surface area contributed by atoms with E-state index in [1.54, 1.807) is 42.5 Å². The average Bonchev–Trinajstić information content (AvgIpc) is 2.94. The molecule has 0 saturated carbocycles. The number of amides is 3. The van der Waals surface area contributed by atoms with Crippen molar-refractivity contribution >= 4 is 29.7 Å². The third kappa shape index (κ3) is 11.5. The van der Waals surface area contributed by atoms with Gasteiger partial charge in [0.15, 0.2) is 5.96 Å². The molecule has 12 N–H and O–H groups in total. The molecule has 0 bridgehead atoms. The Morgan fingerprint density at radius 2 is 1.29 bits per heavy atom. The zero-order valence-electron chi connectivity index (χ0n) is 22.4. The van der Waals surface area contributed by atoms with E-state index in [0.717, 1.165) is 0 Å². The first-order valence-corrected chi connectivity index (χ1v) is 12.9. The number of carbonyl (C=O) groups excluding carboxylic acids is 3. The maximum Gasteiger partial charge on any atom is 0.328 e. The van der Waals surface area contributed by atoms with Gasteiger partial charge >= 0.3 is 5.97 Å². The number of benzene rings is 2. The number of carbonyl (C=O) groups is 4. The Morgan fingerprint density at radius 3 is 1.80 bits per heavy atom. The fourth-order valence-electron chi connectivity index (χ4n) is 3.80. The molecule has 0 aliphatic heterocycles. The maximum atomic E-state index is 13.5. The van der Waals surface area contributed by atoms with Crippen molar-refractivity contribution in [3.63, 3.8) is 0 Å². The van der Waals surface area contributed by atoms with Crippen LogP contribution in [0.15, 0.2) is 59.6 Å². The van der Waals surface area contributed by atoms with Gasteiger partial charge in [0.2, 0.25) is 17.7 Å². The van der Waals surface area contributed by atoms with Gasteiger partial charge in [0.1, 0.15) is 23.9 Å². The van der Waals surface area contributed by atoms with Gasteiger partial charge in [-0.05, 0) is 36.1 Å². The summed E-state index contributed by atoms with van der Waals surface area (Å²) in [6.45, 7) is -0.587. The zero-order chi connectivity index (χ0) is 30.4. The Hall–Kier alpha value is -4.69. The molecular formula is C27H37N7O7. The number of aliphatic imine (C=N–C) groups is 1. The molecule has 0 radical (unpaired) electrons. The van der Waals surface area contributed by atoms with Crippen molar-refractivity contribution in [2.24, 2.45) is 22.2 Å². The summed E-state index contributed by atoms with van der Waals surface area (Å²) in [5, 5.41) is 35.6. The number of hydrogen-bond acceptors (Lipinski definition) is 8. The standard InChI is InChI=1S/C27H37N7O7/c28-19(7-4-12-31-27(29)30)23(37)32-20(14-17-8-10-18(36)11-9-17)24(38)33-21(13-16-5-2-1-3-6-16)25(39)34-22(15-35)26(40)41/h1-3,5-6,8-11,19-22,35-36H,4,7,12-15,28H2,(H,32,37)(H,33,38)(H,34,39)(H,40,41)(H4,29,30,31). The van der Waals surface area contributed by atoms with E-state index in [9.17, 15) is 34.5 Å². The molecule has 4 atom stereocenters. The maximum absolute atomic E-state index is 13.5. The SMILES string of the molecule is NC(N)=NCCCC(N)C(=O)NC(Cc1ccc(O)cc1)C(=O)NC(Cc1ccccc1)C(=O)NC(CO)C(=O)O. The Morgan fingerprint density at radius 1 is 0.780 bits per heavy atom. The Kier molecular flexibility index (Phi) is 13.0. The van der Waals surface area contributed by atoms with Crippen LogP contribution in [0, 0.1) is 0 Å². The molecule has 0 aliphatic carbocycles. The number of rotatable bonds is 16. The van der Waals surface area contributed by atoms with Crippen molar-refractivity contribution in [2.45, 2.75) is 49.9 Å². The number of hydrogen-bond donors (Lipinski definition) is 9. The number of nitrogens with one attached hydrogen (secondary N) is 3. The van der Waals surface area contributed by atoms with E-state index >= 15 is 0 Å². The molecule has 41 heavy (non-hydrogen) atoms. The first kappa shape index (κ1) is 32.5. The van der Waals surface area contributed by atoms with Crippen molar-refractivity contribution in [3.8, 4) is 5.75 Å². The first-order valence-electron chi connectivity index (χ1n) is 12.9. The second kappa shape index (κ2) is 16.4. The second-order valence-corrected chi connectivity index (χ2v) is 9.32. The number of aromatic hydroxyl groups is 1.